The highest BCUT2D eigenvalue weighted by molar-refractivity contribution is 6.34. The van der Waals surface area contributed by atoms with Crippen molar-refractivity contribution < 1.29 is 9.53 Å². The first-order valence-corrected chi connectivity index (χ1v) is 5.62. The quantitative estimate of drug-likeness (QED) is 0.814. The van der Waals surface area contributed by atoms with Crippen LogP contribution >= 0.6 is 11.6 Å². The molecule has 0 aliphatic rings. The van der Waals surface area contributed by atoms with E-state index in [0.29, 0.717) is 16.4 Å². The molecular weight excluding hydrogens is 240 g/mol. The highest BCUT2D eigenvalue weighted by atomic mass is 35.5. The Bertz CT molecular complexity index is 419. The summed E-state index contributed by atoms with van der Waals surface area (Å²) in [5.41, 5.74) is 6.18. The first kappa shape index (κ1) is 13.8. The molecule has 0 spiro atoms. The molecule has 0 aliphatic carbocycles. The summed E-state index contributed by atoms with van der Waals surface area (Å²) in [6.45, 7) is 3.69. The van der Waals surface area contributed by atoms with Gasteiger partial charge in [-0.25, -0.2) is 0 Å². The van der Waals surface area contributed by atoms with Gasteiger partial charge in [-0.1, -0.05) is 11.6 Å². The molecular formula is C12H17ClN2O2. The van der Waals surface area contributed by atoms with E-state index in [4.69, 9.17) is 22.1 Å². The molecule has 1 aromatic carbocycles. The number of rotatable bonds is 4. The van der Waals surface area contributed by atoms with E-state index in [-0.39, 0.29) is 12.3 Å². The number of amides is 1. The molecule has 3 N–H and O–H groups in total. The monoisotopic (exact) mass is 256 g/mol. The van der Waals surface area contributed by atoms with Gasteiger partial charge >= 0.3 is 0 Å². The third-order valence-electron chi connectivity index (χ3n) is 2.41. The zero-order valence-electron chi connectivity index (χ0n) is 10.2. The SMILES string of the molecule is COC(C)(C)CC(=O)Nc1ccc(N)cc1Cl. The summed E-state index contributed by atoms with van der Waals surface area (Å²) in [6, 6.07) is 4.96. The maximum absolute atomic E-state index is 11.7. The Labute approximate surface area is 106 Å². The molecule has 0 radical (unpaired) electrons. The topological polar surface area (TPSA) is 64.3 Å². The van der Waals surface area contributed by atoms with Gasteiger partial charge in [-0.3, -0.25) is 4.79 Å². The van der Waals surface area contributed by atoms with Crippen molar-refractivity contribution in [3.05, 3.63) is 23.2 Å². The summed E-state index contributed by atoms with van der Waals surface area (Å²) in [5, 5.41) is 3.15. The van der Waals surface area contributed by atoms with Crippen LogP contribution in [0.5, 0.6) is 0 Å². The summed E-state index contributed by atoms with van der Waals surface area (Å²) in [7, 11) is 1.57. The summed E-state index contributed by atoms with van der Waals surface area (Å²) >= 11 is 5.95. The largest absolute Gasteiger partial charge is 0.399 e. The van der Waals surface area contributed by atoms with Crippen molar-refractivity contribution >= 4 is 28.9 Å². The lowest BCUT2D eigenvalue weighted by molar-refractivity contribution is -0.121. The third kappa shape index (κ3) is 4.24. The Kier molecular flexibility index (Phi) is 4.37. The van der Waals surface area contributed by atoms with Crippen LogP contribution in [-0.2, 0) is 9.53 Å². The maximum Gasteiger partial charge on any atom is 0.227 e. The Morgan fingerprint density at radius 2 is 2.18 bits per heavy atom. The Morgan fingerprint density at radius 3 is 2.71 bits per heavy atom. The van der Waals surface area contributed by atoms with Gasteiger partial charge in [0.25, 0.3) is 0 Å². The number of hydrogen-bond acceptors (Lipinski definition) is 3. The van der Waals surface area contributed by atoms with Crippen molar-refractivity contribution in [1.82, 2.24) is 0 Å². The molecule has 0 atom stereocenters. The molecule has 94 valence electrons. The van der Waals surface area contributed by atoms with Gasteiger partial charge in [0, 0.05) is 12.8 Å². The second-order valence-corrected chi connectivity index (χ2v) is 4.84. The molecule has 1 amide bonds. The number of nitrogens with two attached hydrogens (primary N) is 1. The molecule has 5 heteroatoms. The van der Waals surface area contributed by atoms with Crippen molar-refractivity contribution in [3.63, 3.8) is 0 Å². The molecule has 0 aliphatic heterocycles. The number of methoxy groups -OCH3 is 1. The molecule has 17 heavy (non-hydrogen) atoms. The highest BCUT2D eigenvalue weighted by Crippen LogP contribution is 2.24. The van der Waals surface area contributed by atoms with E-state index in [1.165, 1.54) is 0 Å². The van der Waals surface area contributed by atoms with Gasteiger partial charge in [-0.2, -0.15) is 0 Å². The Balaban J connectivity index is 2.69. The van der Waals surface area contributed by atoms with Gasteiger partial charge < -0.3 is 15.8 Å². The van der Waals surface area contributed by atoms with Crippen LogP contribution in [0.1, 0.15) is 20.3 Å². The Morgan fingerprint density at radius 1 is 1.53 bits per heavy atom. The minimum atomic E-state index is -0.496. The van der Waals surface area contributed by atoms with Gasteiger partial charge in [0.2, 0.25) is 5.91 Å². The van der Waals surface area contributed by atoms with E-state index < -0.39 is 5.60 Å². The predicted molar refractivity (Wildman–Crippen MR) is 70.2 cm³/mol. The number of nitrogen functional groups attached to an aromatic ring is 1. The van der Waals surface area contributed by atoms with Gasteiger partial charge in [-0.15, -0.1) is 0 Å². The molecule has 0 unspecified atom stereocenters. The Hall–Kier alpha value is -1.26. The fraction of sp³-hybridized carbons (Fsp3) is 0.417. The second-order valence-electron chi connectivity index (χ2n) is 4.43. The van der Waals surface area contributed by atoms with Crippen LogP contribution in [0.3, 0.4) is 0 Å². The molecule has 0 saturated carbocycles. The van der Waals surface area contributed by atoms with E-state index in [0.717, 1.165) is 0 Å². The van der Waals surface area contributed by atoms with Crippen molar-refractivity contribution in [2.75, 3.05) is 18.2 Å². The van der Waals surface area contributed by atoms with Crippen LogP contribution in [0.25, 0.3) is 0 Å². The van der Waals surface area contributed by atoms with Crippen LogP contribution in [0.2, 0.25) is 5.02 Å². The van der Waals surface area contributed by atoms with Crippen LogP contribution in [0, 0.1) is 0 Å². The summed E-state index contributed by atoms with van der Waals surface area (Å²) in [5.74, 6) is -0.150. The van der Waals surface area contributed by atoms with Gasteiger partial charge in [0.1, 0.15) is 0 Å². The van der Waals surface area contributed by atoms with Crippen molar-refractivity contribution in [2.24, 2.45) is 0 Å². The number of benzene rings is 1. The van der Waals surface area contributed by atoms with Crippen molar-refractivity contribution in [2.45, 2.75) is 25.9 Å². The summed E-state index contributed by atoms with van der Waals surface area (Å²) in [4.78, 5) is 11.7. The van der Waals surface area contributed by atoms with Gasteiger partial charge in [0.05, 0.1) is 22.7 Å². The minimum absolute atomic E-state index is 0.150. The van der Waals surface area contributed by atoms with Crippen LogP contribution in [0.15, 0.2) is 18.2 Å². The molecule has 0 saturated heterocycles. The minimum Gasteiger partial charge on any atom is -0.399 e. The number of hydrogen-bond donors (Lipinski definition) is 2. The van der Waals surface area contributed by atoms with E-state index in [1.54, 1.807) is 25.3 Å². The number of anilines is 2. The first-order valence-electron chi connectivity index (χ1n) is 5.24. The average molecular weight is 257 g/mol. The molecule has 0 bridgehead atoms. The molecule has 0 aromatic heterocycles. The second kappa shape index (κ2) is 5.38. The fourth-order valence-electron chi connectivity index (χ4n) is 1.29. The van der Waals surface area contributed by atoms with Crippen LogP contribution < -0.4 is 11.1 Å². The molecule has 1 aromatic rings. The number of nitrogens with one attached hydrogen (secondary N) is 1. The molecule has 0 fully saturated rings. The normalized spacial score (nSPS) is 11.3. The van der Waals surface area contributed by atoms with Crippen molar-refractivity contribution in [3.8, 4) is 0 Å². The number of carbonyl (C=O) groups is 1. The first-order chi connectivity index (χ1) is 7.84. The fourth-order valence-corrected chi connectivity index (χ4v) is 1.52. The van der Waals surface area contributed by atoms with E-state index >= 15 is 0 Å². The average Bonchev–Trinajstić information content (AvgIpc) is 2.21. The van der Waals surface area contributed by atoms with Gasteiger partial charge in [0.15, 0.2) is 0 Å². The number of halogens is 1. The lowest BCUT2D eigenvalue weighted by Gasteiger charge is -2.22. The zero-order valence-corrected chi connectivity index (χ0v) is 11.0. The number of ether oxygens (including phenoxy) is 1. The smallest absolute Gasteiger partial charge is 0.227 e. The molecule has 0 heterocycles. The molecule has 4 nitrogen and oxygen atoms in total. The third-order valence-corrected chi connectivity index (χ3v) is 2.72. The van der Waals surface area contributed by atoms with E-state index in [1.807, 2.05) is 13.8 Å². The predicted octanol–water partition coefficient (Wildman–Crippen LogP) is 2.68. The van der Waals surface area contributed by atoms with E-state index in [9.17, 15) is 4.79 Å². The standard InChI is InChI=1S/C12H17ClN2O2/c1-12(2,17-3)7-11(16)15-10-5-4-8(14)6-9(10)13/h4-6H,7,14H2,1-3H3,(H,15,16). The number of carbonyl (C=O) groups excluding carboxylic acids is 1. The summed E-state index contributed by atoms with van der Waals surface area (Å²) < 4.78 is 5.18. The van der Waals surface area contributed by atoms with Crippen LogP contribution in [0.4, 0.5) is 11.4 Å². The molecule has 1 rings (SSSR count). The lowest BCUT2D eigenvalue weighted by atomic mass is 10.0. The lowest BCUT2D eigenvalue weighted by Crippen LogP contribution is -2.29. The zero-order chi connectivity index (χ0) is 13.1. The van der Waals surface area contributed by atoms with Crippen LogP contribution in [-0.4, -0.2) is 18.6 Å². The van der Waals surface area contributed by atoms with E-state index in [2.05, 4.69) is 5.32 Å². The van der Waals surface area contributed by atoms with Gasteiger partial charge in [-0.05, 0) is 32.0 Å². The maximum atomic E-state index is 11.7. The highest BCUT2D eigenvalue weighted by Gasteiger charge is 2.21. The summed E-state index contributed by atoms with van der Waals surface area (Å²) in [6.07, 6.45) is 0.254. The van der Waals surface area contributed by atoms with Crippen molar-refractivity contribution in [1.29, 1.82) is 0 Å².